The minimum atomic E-state index is -0.0123. The highest BCUT2D eigenvalue weighted by molar-refractivity contribution is 6.09. The van der Waals surface area contributed by atoms with Crippen LogP contribution in [0.5, 0.6) is 11.5 Å². The van der Waals surface area contributed by atoms with Crippen LogP contribution in [-0.4, -0.2) is 19.1 Å². The second kappa shape index (κ2) is 12.7. The molecule has 4 heterocycles. The molecule has 0 aliphatic rings. The number of rotatable bonds is 5. The fraction of sp³-hybridized carbons (Fsp3) is 0.340. The topological polar surface area (TPSA) is 48.8 Å². The summed E-state index contributed by atoms with van der Waals surface area (Å²) in [5.41, 5.74) is 9.26. The van der Waals surface area contributed by atoms with Gasteiger partial charge in [-0.15, -0.1) is 0 Å². The Morgan fingerprint density at radius 3 is 1.83 bits per heavy atom. The molecule has 3 aromatic carbocycles. The maximum atomic E-state index is 6.56. The average Bonchev–Trinajstić information content (AvgIpc) is 3.70. The van der Waals surface area contributed by atoms with Gasteiger partial charge in [-0.2, -0.15) is 0 Å². The van der Waals surface area contributed by atoms with Crippen molar-refractivity contribution in [1.29, 1.82) is 0 Å². The van der Waals surface area contributed by atoms with Crippen LogP contribution in [0.1, 0.15) is 105 Å². The van der Waals surface area contributed by atoms with E-state index in [2.05, 4.69) is 164 Å². The van der Waals surface area contributed by atoms with E-state index in [0.717, 1.165) is 39.4 Å². The molecule has 0 spiro atoms. The lowest BCUT2D eigenvalue weighted by molar-refractivity contribution is -0.599. The first kappa shape index (κ1) is 36.1. The summed E-state index contributed by atoms with van der Waals surface area (Å²) in [6, 6.07) is 26.3. The third kappa shape index (κ3) is 7.24. The highest BCUT2D eigenvalue weighted by Crippen LogP contribution is 2.38. The molecule has 4 aromatic heterocycles. The fourth-order valence-corrected chi connectivity index (χ4v) is 6.73. The lowest BCUT2D eigenvalue weighted by atomic mass is 9.80. The lowest BCUT2D eigenvalue weighted by Gasteiger charge is -2.26. The normalized spacial score (nSPS) is 12.9. The summed E-state index contributed by atoms with van der Waals surface area (Å²) in [6.07, 6.45) is 13.1. The molecule has 0 bridgehead atoms. The van der Waals surface area contributed by atoms with Gasteiger partial charge in [0.2, 0.25) is 0 Å². The highest BCUT2D eigenvalue weighted by atomic mass is 16.5. The predicted molar refractivity (Wildman–Crippen MR) is 217 cm³/mol. The van der Waals surface area contributed by atoms with Gasteiger partial charge in [-0.05, 0) is 92.4 Å². The molecule has 6 heteroatoms. The Morgan fingerprint density at radius 2 is 1.19 bits per heavy atom. The third-order valence-corrected chi connectivity index (χ3v) is 10.2. The molecular formula is C47H53N5O. The van der Waals surface area contributed by atoms with Crippen molar-refractivity contribution < 1.29 is 9.30 Å². The van der Waals surface area contributed by atoms with Gasteiger partial charge in [0.25, 0.3) is 6.33 Å². The first-order chi connectivity index (χ1) is 24.8. The smallest absolute Gasteiger partial charge is 0.268 e. The summed E-state index contributed by atoms with van der Waals surface area (Å²) in [5.74, 6) is 2.26. The monoisotopic (exact) mass is 703 g/mol. The summed E-state index contributed by atoms with van der Waals surface area (Å²) < 4.78 is 12.9. The summed E-state index contributed by atoms with van der Waals surface area (Å²) >= 11 is 0. The number of nitrogens with zero attached hydrogens (tertiary/aromatic N) is 5. The van der Waals surface area contributed by atoms with Gasteiger partial charge in [0.05, 0.1) is 28.6 Å². The van der Waals surface area contributed by atoms with Gasteiger partial charge in [-0.25, -0.2) is 4.98 Å². The number of imidazole rings is 1. The van der Waals surface area contributed by atoms with Crippen LogP contribution in [0.4, 0.5) is 0 Å². The van der Waals surface area contributed by atoms with Gasteiger partial charge < -0.3 is 4.74 Å². The zero-order valence-corrected chi connectivity index (χ0v) is 33.5. The SMILES string of the molecule is CC(C)(C)c1cc(-[n+]2[c-]n(-c3cncc(Oc4ccc5c6ccc(C(C)(C)C)cc6n(-c6cc(C(C)(C)C)ccn6)c5c4)c3)cc2)cc(C(C)(C)C)c1. The molecule has 6 nitrogen and oxygen atoms in total. The predicted octanol–water partition coefficient (Wildman–Crippen LogP) is 11.4. The molecule has 0 N–H and O–H groups in total. The van der Waals surface area contributed by atoms with E-state index < -0.39 is 0 Å². The number of benzene rings is 3. The minimum absolute atomic E-state index is 0.00466. The molecule has 0 saturated carbocycles. The molecule has 0 saturated heterocycles. The second-order valence-electron chi connectivity index (χ2n) is 18.5. The van der Waals surface area contributed by atoms with E-state index in [9.17, 15) is 0 Å². The Balaban J connectivity index is 1.27. The van der Waals surface area contributed by atoms with Gasteiger partial charge in [0, 0.05) is 41.6 Å². The molecular weight excluding hydrogens is 651 g/mol. The van der Waals surface area contributed by atoms with E-state index in [1.165, 1.54) is 27.6 Å². The first-order valence-corrected chi connectivity index (χ1v) is 18.6. The maximum Gasteiger partial charge on any atom is 0.268 e. The van der Waals surface area contributed by atoms with Gasteiger partial charge >= 0.3 is 0 Å². The minimum Gasteiger partial charge on any atom is -0.456 e. The van der Waals surface area contributed by atoms with E-state index in [4.69, 9.17) is 9.72 Å². The van der Waals surface area contributed by atoms with Crippen LogP contribution in [0.15, 0.2) is 104 Å². The van der Waals surface area contributed by atoms with Crippen molar-refractivity contribution in [3.05, 3.63) is 132 Å². The van der Waals surface area contributed by atoms with Crippen LogP contribution in [0.2, 0.25) is 0 Å². The summed E-state index contributed by atoms with van der Waals surface area (Å²) in [5, 5.41) is 2.34. The molecule has 0 amide bonds. The number of hydrogen-bond donors (Lipinski definition) is 0. The van der Waals surface area contributed by atoms with Gasteiger partial charge in [0.1, 0.15) is 17.3 Å². The molecule has 0 aliphatic carbocycles. The van der Waals surface area contributed by atoms with Crippen molar-refractivity contribution in [2.45, 2.75) is 105 Å². The van der Waals surface area contributed by atoms with Gasteiger partial charge in [-0.1, -0.05) is 101 Å². The van der Waals surface area contributed by atoms with Crippen molar-refractivity contribution in [2.24, 2.45) is 0 Å². The Bertz CT molecular complexity index is 2440. The van der Waals surface area contributed by atoms with Crippen LogP contribution >= 0.6 is 0 Å². The van der Waals surface area contributed by atoms with Gasteiger partial charge in [0.15, 0.2) is 0 Å². The maximum absolute atomic E-state index is 6.56. The van der Waals surface area contributed by atoms with Crippen LogP contribution in [0, 0.1) is 6.33 Å². The zero-order valence-electron chi connectivity index (χ0n) is 33.5. The summed E-state index contributed by atoms with van der Waals surface area (Å²) in [6.45, 7) is 27.0. The van der Waals surface area contributed by atoms with E-state index >= 15 is 0 Å². The standard InChI is InChI=1S/C47H53N5O/c1-44(2,3)31-13-15-39-40-16-14-37(27-42(40)52(41(39)24-31)43-25-32(17-18-49-43)45(4,5)6)53-38-26-36(28-48-29-38)51-20-19-50(30-51)35-22-33(46(7,8)9)21-34(23-35)47(10,11)12/h13-29H,1-12H3. The van der Waals surface area contributed by atoms with Crippen LogP contribution < -0.4 is 9.30 Å². The Morgan fingerprint density at radius 1 is 0.585 bits per heavy atom. The van der Waals surface area contributed by atoms with E-state index in [-0.39, 0.29) is 21.7 Å². The van der Waals surface area contributed by atoms with Gasteiger partial charge in [-0.3, -0.25) is 18.7 Å². The van der Waals surface area contributed by atoms with E-state index in [0.29, 0.717) is 5.75 Å². The molecule has 0 aliphatic heterocycles. The lowest BCUT2D eigenvalue weighted by Crippen LogP contribution is -2.30. The zero-order chi connectivity index (χ0) is 38.1. The molecule has 7 rings (SSSR count). The number of ether oxygens (including phenoxy) is 1. The molecule has 0 atom stereocenters. The van der Waals surface area contributed by atoms with Crippen molar-refractivity contribution in [3.63, 3.8) is 0 Å². The van der Waals surface area contributed by atoms with Crippen molar-refractivity contribution >= 4 is 21.8 Å². The van der Waals surface area contributed by atoms with E-state index in [1.807, 2.05) is 41.5 Å². The second-order valence-corrected chi connectivity index (χ2v) is 18.5. The molecule has 0 radical (unpaired) electrons. The largest absolute Gasteiger partial charge is 0.456 e. The molecule has 7 aromatic rings. The third-order valence-electron chi connectivity index (χ3n) is 10.2. The fourth-order valence-electron chi connectivity index (χ4n) is 6.73. The van der Waals surface area contributed by atoms with Crippen molar-refractivity contribution in [3.8, 4) is 28.7 Å². The number of aromatic nitrogens is 5. The number of pyridine rings is 2. The Labute approximate surface area is 315 Å². The quantitative estimate of drug-likeness (QED) is 0.132. The number of fused-ring (bicyclic) bond motifs is 3. The van der Waals surface area contributed by atoms with Crippen LogP contribution in [0.3, 0.4) is 0 Å². The Kier molecular flexibility index (Phi) is 8.67. The molecule has 0 unspecified atom stereocenters. The Hall–Kier alpha value is -5.23. The average molecular weight is 704 g/mol. The van der Waals surface area contributed by atoms with Crippen molar-refractivity contribution in [1.82, 2.24) is 19.1 Å². The highest BCUT2D eigenvalue weighted by Gasteiger charge is 2.23. The van der Waals surface area contributed by atoms with Crippen LogP contribution in [-0.2, 0) is 21.7 Å². The van der Waals surface area contributed by atoms with Crippen LogP contribution in [0.25, 0.3) is 39.0 Å². The molecule has 0 fully saturated rings. The van der Waals surface area contributed by atoms with E-state index in [1.54, 1.807) is 6.20 Å². The van der Waals surface area contributed by atoms with Crippen molar-refractivity contribution in [2.75, 3.05) is 0 Å². The molecule has 272 valence electrons. The molecule has 53 heavy (non-hydrogen) atoms. The number of hydrogen-bond acceptors (Lipinski definition) is 3. The first-order valence-electron chi connectivity index (χ1n) is 18.6. The summed E-state index contributed by atoms with van der Waals surface area (Å²) in [4.78, 5) is 9.48. The summed E-state index contributed by atoms with van der Waals surface area (Å²) in [7, 11) is 0.